The third kappa shape index (κ3) is 3.95. The summed E-state index contributed by atoms with van der Waals surface area (Å²) in [6.07, 6.45) is 3.18. The molecule has 0 amide bonds. The third-order valence-corrected chi connectivity index (χ3v) is 5.94. The van der Waals surface area contributed by atoms with E-state index in [1.807, 2.05) is 30.1 Å². The summed E-state index contributed by atoms with van der Waals surface area (Å²) in [5.41, 5.74) is 4.81. The smallest absolute Gasteiger partial charge is 0.332 e. The van der Waals surface area contributed by atoms with Gasteiger partial charge in [-0.3, -0.25) is 15.1 Å². The zero-order valence-corrected chi connectivity index (χ0v) is 18.3. The number of benzene rings is 2. The van der Waals surface area contributed by atoms with Crippen molar-refractivity contribution in [1.82, 2.24) is 5.01 Å². The number of hydrazone groups is 1. The van der Waals surface area contributed by atoms with Crippen LogP contribution in [0.4, 0.5) is 5.69 Å². The summed E-state index contributed by atoms with van der Waals surface area (Å²) in [7, 11) is 1.65. The van der Waals surface area contributed by atoms with Crippen LogP contribution in [0.5, 0.6) is 5.75 Å². The van der Waals surface area contributed by atoms with Gasteiger partial charge in [-0.25, -0.2) is 4.79 Å². The van der Waals surface area contributed by atoms with Gasteiger partial charge in [-0.2, -0.15) is 5.10 Å². The fraction of sp³-hybridized carbons (Fsp3) is 0.333. The van der Waals surface area contributed by atoms with E-state index in [4.69, 9.17) is 14.6 Å². The summed E-state index contributed by atoms with van der Waals surface area (Å²) >= 11 is 0. The molecule has 2 aliphatic rings. The van der Waals surface area contributed by atoms with Gasteiger partial charge in [0.05, 0.1) is 30.4 Å². The summed E-state index contributed by atoms with van der Waals surface area (Å²) < 4.78 is 10.4. The number of allylic oxidation sites excluding steroid dienone is 1. The Labute approximate surface area is 186 Å². The molecule has 2 atom stereocenters. The number of non-ortho nitro benzene ring substituents is 1. The van der Waals surface area contributed by atoms with E-state index in [9.17, 15) is 14.9 Å². The second kappa shape index (κ2) is 8.82. The summed E-state index contributed by atoms with van der Waals surface area (Å²) in [6.45, 7) is 3.88. The average molecular weight is 435 g/mol. The maximum atomic E-state index is 12.1. The van der Waals surface area contributed by atoms with Crippen LogP contribution in [0, 0.1) is 16.0 Å². The molecule has 0 bridgehead atoms. The highest BCUT2D eigenvalue weighted by Gasteiger charge is 2.42. The van der Waals surface area contributed by atoms with Gasteiger partial charge >= 0.3 is 5.97 Å². The first-order valence-electron chi connectivity index (χ1n) is 10.6. The molecule has 2 aromatic rings. The Balaban J connectivity index is 1.77. The predicted molar refractivity (Wildman–Crippen MR) is 119 cm³/mol. The molecule has 0 spiro atoms. The van der Waals surface area contributed by atoms with Crippen molar-refractivity contribution in [2.45, 2.75) is 32.7 Å². The minimum Gasteiger partial charge on any atom is -0.497 e. The van der Waals surface area contributed by atoms with Crippen molar-refractivity contribution in [1.29, 1.82) is 0 Å². The number of carbonyl (C=O) groups excluding carboxylic acids is 1. The molecule has 0 saturated carbocycles. The van der Waals surface area contributed by atoms with Crippen molar-refractivity contribution in [2.75, 3.05) is 13.7 Å². The second-order valence-corrected chi connectivity index (χ2v) is 7.83. The lowest BCUT2D eigenvalue weighted by molar-refractivity contribution is -0.384. The van der Waals surface area contributed by atoms with Crippen LogP contribution in [0.2, 0.25) is 0 Å². The molecule has 0 saturated heterocycles. The van der Waals surface area contributed by atoms with Gasteiger partial charge < -0.3 is 9.47 Å². The fourth-order valence-electron chi connectivity index (χ4n) is 4.47. The van der Waals surface area contributed by atoms with Gasteiger partial charge in [0.25, 0.3) is 5.69 Å². The first-order chi connectivity index (χ1) is 15.4. The molecule has 1 aliphatic carbocycles. The van der Waals surface area contributed by atoms with Crippen molar-refractivity contribution in [3.8, 4) is 5.75 Å². The lowest BCUT2D eigenvalue weighted by Gasteiger charge is -2.31. The van der Waals surface area contributed by atoms with E-state index in [1.165, 1.54) is 23.8 Å². The Bertz CT molecular complexity index is 1110. The normalized spacial score (nSPS) is 19.7. The monoisotopic (exact) mass is 435 g/mol. The van der Waals surface area contributed by atoms with Gasteiger partial charge in [-0.1, -0.05) is 12.1 Å². The molecule has 166 valence electrons. The standard InChI is InChI=1S/C24H25N3O5/c1-4-32-22(28)13-15(2)26-24(16-5-8-18(9-6-16)27(29)30)21-11-7-17-14-19(31-3)10-12-20(17)23(21)25-26/h5-6,8-10,12-14,21,24H,4,7,11H2,1-3H3/b15-13+. The SMILES string of the molecule is CCOC(=O)/C=C(\C)N1N=C2c3ccc(OC)cc3CCC2C1c1ccc([N+](=O)[O-])cc1. The third-order valence-electron chi connectivity index (χ3n) is 5.94. The number of aryl methyl sites for hydroxylation is 1. The van der Waals surface area contributed by atoms with E-state index in [0.29, 0.717) is 12.3 Å². The van der Waals surface area contributed by atoms with Crippen LogP contribution in [-0.2, 0) is 16.0 Å². The molecular formula is C24H25N3O5. The zero-order valence-electron chi connectivity index (χ0n) is 18.3. The zero-order chi connectivity index (χ0) is 22.8. The van der Waals surface area contributed by atoms with E-state index in [2.05, 4.69) is 0 Å². The van der Waals surface area contributed by atoms with Crippen molar-refractivity contribution in [2.24, 2.45) is 11.0 Å². The molecule has 1 heterocycles. The number of hydrogen-bond acceptors (Lipinski definition) is 7. The van der Waals surface area contributed by atoms with Crippen molar-refractivity contribution >= 4 is 17.4 Å². The van der Waals surface area contributed by atoms with Crippen LogP contribution < -0.4 is 4.74 Å². The van der Waals surface area contributed by atoms with Crippen LogP contribution in [-0.4, -0.2) is 35.3 Å². The Morgan fingerprint density at radius 3 is 2.69 bits per heavy atom. The van der Waals surface area contributed by atoms with Crippen molar-refractivity contribution in [3.05, 3.63) is 81.0 Å². The average Bonchev–Trinajstić information content (AvgIpc) is 3.19. The summed E-state index contributed by atoms with van der Waals surface area (Å²) in [5, 5.41) is 17.9. The Morgan fingerprint density at radius 2 is 2.03 bits per heavy atom. The number of nitro benzene ring substituents is 1. The molecule has 8 nitrogen and oxygen atoms in total. The van der Waals surface area contributed by atoms with E-state index >= 15 is 0 Å². The molecule has 2 aromatic carbocycles. The van der Waals surface area contributed by atoms with E-state index in [-0.39, 0.29) is 17.6 Å². The Kier molecular flexibility index (Phi) is 5.94. The van der Waals surface area contributed by atoms with Crippen LogP contribution in [0.25, 0.3) is 0 Å². The van der Waals surface area contributed by atoms with Crippen LogP contribution in [0.15, 0.2) is 59.3 Å². The number of carbonyl (C=O) groups is 1. The summed E-state index contributed by atoms with van der Waals surface area (Å²) in [5.74, 6) is 0.471. The molecule has 1 aliphatic heterocycles. The predicted octanol–water partition coefficient (Wildman–Crippen LogP) is 4.39. The number of hydrogen-bond donors (Lipinski definition) is 0. The van der Waals surface area contributed by atoms with Crippen LogP contribution in [0.3, 0.4) is 0 Å². The molecule has 4 rings (SSSR count). The van der Waals surface area contributed by atoms with Gasteiger partial charge in [0.2, 0.25) is 0 Å². The first kappa shape index (κ1) is 21.5. The van der Waals surface area contributed by atoms with Gasteiger partial charge in [0.15, 0.2) is 0 Å². The highest BCUT2D eigenvalue weighted by Crippen LogP contribution is 2.45. The van der Waals surface area contributed by atoms with Crippen molar-refractivity contribution in [3.63, 3.8) is 0 Å². The van der Waals surface area contributed by atoms with E-state index in [0.717, 1.165) is 35.4 Å². The number of esters is 1. The largest absolute Gasteiger partial charge is 0.497 e. The Hall–Kier alpha value is -3.68. The minimum absolute atomic E-state index is 0.0410. The summed E-state index contributed by atoms with van der Waals surface area (Å²) in [4.78, 5) is 22.8. The fourth-order valence-corrected chi connectivity index (χ4v) is 4.47. The molecule has 0 aromatic heterocycles. The molecule has 0 fully saturated rings. The van der Waals surface area contributed by atoms with Crippen molar-refractivity contribution < 1.29 is 19.2 Å². The van der Waals surface area contributed by atoms with Crippen LogP contribution >= 0.6 is 0 Å². The second-order valence-electron chi connectivity index (χ2n) is 7.83. The quantitative estimate of drug-likeness (QED) is 0.289. The van der Waals surface area contributed by atoms with Gasteiger partial charge in [0.1, 0.15) is 5.75 Å². The molecule has 8 heteroatoms. The number of nitrogens with zero attached hydrogens (tertiary/aromatic N) is 3. The van der Waals surface area contributed by atoms with Gasteiger partial charge in [-0.05, 0) is 56.0 Å². The number of methoxy groups -OCH3 is 1. The van der Waals surface area contributed by atoms with Gasteiger partial charge in [0, 0.05) is 35.4 Å². The molecule has 0 N–H and O–H groups in total. The molecular weight excluding hydrogens is 410 g/mol. The number of ether oxygens (including phenoxy) is 2. The molecule has 0 radical (unpaired) electrons. The Morgan fingerprint density at radius 1 is 1.28 bits per heavy atom. The van der Waals surface area contributed by atoms with E-state index in [1.54, 1.807) is 26.2 Å². The first-order valence-corrected chi connectivity index (χ1v) is 10.6. The number of rotatable bonds is 6. The van der Waals surface area contributed by atoms with Crippen LogP contribution in [0.1, 0.15) is 43.0 Å². The number of nitro groups is 1. The maximum absolute atomic E-state index is 12.1. The van der Waals surface area contributed by atoms with E-state index < -0.39 is 10.9 Å². The molecule has 2 unspecified atom stereocenters. The topological polar surface area (TPSA) is 94.3 Å². The summed E-state index contributed by atoms with van der Waals surface area (Å²) in [6, 6.07) is 12.4. The highest BCUT2D eigenvalue weighted by atomic mass is 16.6. The number of fused-ring (bicyclic) bond motifs is 3. The minimum atomic E-state index is -0.423. The lowest BCUT2D eigenvalue weighted by Crippen LogP contribution is -2.28. The molecule has 32 heavy (non-hydrogen) atoms. The maximum Gasteiger partial charge on any atom is 0.332 e. The highest BCUT2D eigenvalue weighted by molar-refractivity contribution is 6.06. The van der Waals surface area contributed by atoms with Gasteiger partial charge in [-0.15, -0.1) is 0 Å². The lowest BCUT2D eigenvalue weighted by atomic mass is 9.77.